The summed E-state index contributed by atoms with van der Waals surface area (Å²) in [5.41, 5.74) is 1.43. The zero-order valence-corrected chi connectivity index (χ0v) is 17.6. The molecule has 3 aromatic rings. The second-order valence-electron chi connectivity index (χ2n) is 7.30. The number of hydrogen-bond acceptors (Lipinski definition) is 4. The highest BCUT2D eigenvalue weighted by Gasteiger charge is 2.41. The van der Waals surface area contributed by atoms with Gasteiger partial charge in [0.05, 0.1) is 0 Å². The Hall–Kier alpha value is -2.83. The lowest BCUT2D eigenvalue weighted by atomic mass is 9.87. The summed E-state index contributed by atoms with van der Waals surface area (Å²) >= 11 is 0. The van der Waals surface area contributed by atoms with Gasteiger partial charge >= 0.3 is 0 Å². The number of nitrogens with zero attached hydrogens (tertiary/aromatic N) is 2. The lowest BCUT2D eigenvalue weighted by Crippen LogP contribution is -2.54. The van der Waals surface area contributed by atoms with Crippen molar-refractivity contribution in [1.29, 1.82) is 0 Å². The van der Waals surface area contributed by atoms with Crippen molar-refractivity contribution in [3.8, 4) is 5.75 Å². The van der Waals surface area contributed by atoms with E-state index in [1.165, 1.54) is 0 Å². The molecule has 2 aromatic carbocycles. The molecule has 30 heavy (non-hydrogen) atoms. The number of carbonyl (C=O) groups is 1. The summed E-state index contributed by atoms with van der Waals surface area (Å²) in [7, 11) is 0. The molecule has 1 amide bonds. The first-order chi connectivity index (χ1) is 14.3. The van der Waals surface area contributed by atoms with Crippen molar-refractivity contribution in [2.45, 2.75) is 31.5 Å². The SMILES string of the molecule is Cl.O=C(NCc1ccccc1OCc1ccccc1)C1(n2cccn2)CCNCC1. The summed E-state index contributed by atoms with van der Waals surface area (Å²) < 4.78 is 7.83. The lowest BCUT2D eigenvalue weighted by Gasteiger charge is -2.36. The van der Waals surface area contributed by atoms with Crippen LogP contribution in [0.25, 0.3) is 0 Å². The summed E-state index contributed by atoms with van der Waals surface area (Å²) in [6, 6.07) is 19.8. The first-order valence-corrected chi connectivity index (χ1v) is 10.0. The molecular formula is C23H27ClN4O2. The van der Waals surface area contributed by atoms with Gasteiger partial charge in [-0.25, -0.2) is 0 Å². The number of ether oxygens (including phenoxy) is 1. The van der Waals surface area contributed by atoms with E-state index >= 15 is 0 Å². The standard InChI is InChI=1S/C23H26N4O2.ClH/c28-22(23(11-14-24-15-12-23)27-16-6-13-26-27)25-17-20-9-4-5-10-21(20)29-18-19-7-2-1-3-8-19;/h1-10,13,16,24H,11-12,14-15,17-18H2,(H,25,28);1H. The molecule has 7 heteroatoms. The number of amides is 1. The number of aromatic nitrogens is 2. The predicted octanol–water partition coefficient (Wildman–Crippen LogP) is 3.28. The van der Waals surface area contributed by atoms with E-state index < -0.39 is 5.54 Å². The number of benzene rings is 2. The summed E-state index contributed by atoms with van der Waals surface area (Å²) in [5.74, 6) is 0.788. The van der Waals surface area contributed by atoms with Gasteiger partial charge in [0.15, 0.2) is 0 Å². The van der Waals surface area contributed by atoms with Crippen molar-refractivity contribution in [3.05, 3.63) is 84.2 Å². The molecule has 1 fully saturated rings. The van der Waals surface area contributed by atoms with Crippen molar-refractivity contribution in [3.63, 3.8) is 0 Å². The molecule has 0 bridgehead atoms. The number of halogens is 1. The van der Waals surface area contributed by atoms with E-state index in [4.69, 9.17) is 4.74 Å². The average Bonchev–Trinajstić information content (AvgIpc) is 3.33. The highest BCUT2D eigenvalue weighted by atomic mass is 35.5. The second-order valence-corrected chi connectivity index (χ2v) is 7.30. The Bertz CT molecular complexity index is 925. The summed E-state index contributed by atoms with van der Waals surface area (Å²) in [5, 5.41) is 10.8. The average molecular weight is 427 g/mol. The summed E-state index contributed by atoms with van der Waals surface area (Å²) in [4.78, 5) is 13.2. The molecule has 0 spiro atoms. The zero-order valence-electron chi connectivity index (χ0n) is 16.8. The number of piperidine rings is 1. The molecule has 158 valence electrons. The monoisotopic (exact) mass is 426 g/mol. The van der Waals surface area contributed by atoms with E-state index in [1.807, 2.05) is 66.9 Å². The van der Waals surface area contributed by atoms with Gasteiger partial charge in [-0.2, -0.15) is 5.10 Å². The normalized spacial score (nSPS) is 15.1. The molecule has 0 atom stereocenters. The minimum atomic E-state index is -0.644. The maximum Gasteiger partial charge on any atom is 0.248 e. The van der Waals surface area contributed by atoms with Crippen LogP contribution in [-0.4, -0.2) is 28.8 Å². The maximum absolute atomic E-state index is 13.2. The topological polar surface area (TPSA) is 68.2 Å². The molecule has 1 aromatic heterocycles. The molecule has 4 rings (SSSR count). The molecule has 0 aliphatic carbocycles. The van der Waals surface area contributed by atoms with E-state index in [0.29, 0.717) is 26.0 Å². The Morgan fingerprint density at radius 2 is 1.80 bits per heavy atom. The Morgan fingerprint density at radius 3 is 2.53 bits per heavy atom. The molecule has 1 aliphatic heterocycles. The third-order valence-electron chi connectivity index (χ3n) is 5.45. The second kappa shape index (κ2) is 10.3. The van der Waals surface area contributed by atoms with Crippen LogP contribution in [0, 0.1) is 0 Å². The first kappa shape index (κ1) is 21.9. The van der Waals surface area contributed by atoms with Crippen LogP contribution in [0.15, 0.2) is 73.1 Å². The van der Waals surface area contributed by atoms with Gasteiger partial charge in [-0.15, -0.1) is 12.4 Å². The zero-order chi connectivity index (χ0) is 19.9. The predicted molar refractivity (Wildman–Crippen MR) is 119 cm³/mol. The molecule has 0 unspecified atom stereocenters. The molecule has 1 saturated heterocycles. The van der Waals surface area contributed by atoms with Gasteiger partial charge in [0, 0.05) is 24.5 Å². The van der Waals surface area contributed by atoms with Crippen LogP contribution in [0.4, 0.5) is 0 Å². The number of hydrogen-bond donors (Lipinski definition) is 2. The number of para-hydroxylation sites is 1. The van der Waals surface area contributed by atoms with Crippen LogP contribution in [-0.2, 0) is 23.5 Å². The summed E-state index contributed by atoms with van der Waals surface area (Å²) in [6.45, 7) is 2.50. The van der Waals surface area contributed by atoms with Gasteiger partial charge in [0.2, 0.25) is 5.91 Å². The number of nitrogens with one attached hydrogen (secondary N) is 2. The lowest BCUT2D eigenvalue weighted by molar-refractivity contribution is -0.132. The molecule has 6 nitrogen and oxygen atoms in total. The van der Waals surface area contributed by atoms with Crippen molar-refractivity contribution in [2.24, 2.45) is 0 Å². The van der Waals surface area contributed by atoms with Crippen LogP contribution in [0.5, 0.6) is 5.75 Å². The molecule has 0 saturated carbocycles. The van der Waals surface area contributed by atoms with Gasteiger partial charge in [-0.1, -0.05) is 48.5 Å². The first-order valence-electron chi connectivity index (χ1n) is 10.0. The van der Waals surface area contributed by atoms with Gasteiger partial charge in [-0.3, -0.25) is 9.48 Å². The Kier molecular flexibility index (Phi) is 7.49. The highest BCUT2D eigenvalue weighted by Crippen LogP contribution is 2.28. The Labute approximate surface area is 183 Å². The largest absolute Gasteiger partial charge is 0.489 e. The van der Waals surface area contributed by atoms with E-state index in [2.05, 4.69) is 15.7 Å². The number of carbonyl (C=O) groups excluding carboxylic acids is 1. The number of rotatable bonds is 7. The molecule has 2 heterocycles. The highest BCUT2D eigenvalue weighted by molar-refractivity contribution is 5.85. The minimum Gasteiger partial charge on any atom is -0.489 e. The van der Waals surface area contributed by atoms with Crippen LogP contribution in [0.1, 0.15) is 24.0 Å². The van der Waals surface area contributed by atoms with Gasteiger partial charge in [0.1, 0.15) is 17.9 Å². The van der Waals surface area contributed by atoms with E-state index in [1.54, 1.807) is 10.9 Å². The molecule has 0 radical (unpaired) electrons. The minimum absolute atomic E-state index is 0. The van der Waals surface area contributed by atoms with Crippen LogP contribution < -0.4 is 15.4 Å². The third-order valence-corrected chi connectivity index (χ3v) is 5.45. The van der Waals surface area contributed by atoms with Gasteiger partial charge in [0.25, 0.3) is 0 Å². The van der Waals surface area contributed by atoms with Gasteiger partial charge < -0.3 is 15.4 Å². The van der Waals surface area contributed by atoms with E-state index in [-0.39, 0.29) is 18.3 Å². The fourth-order valence-corrected chi connectivity index (χ4v) is 3.79. The molecule has 1 aliphatic rings. The fraction of sp³-hybridized carbons (Fsp3) is 0.304. The van der Waals surface area contributed by atoms with E-state index in [9.17, 15) is 4.79 Å². The van der Waals surface area contributed by atoms with Gasteiger partial charge in [-0.05, 0) is 43.6 Å². The van der Waals surface area contributed by atoms with Crippen LogP contribution >= 0.6 is 12.4 Å². The third kappa shape index (κ3) is 4.83. The fourth-order valence-electron chi connectivity index (χ4n) is 3.79. The van der Waals surface area contributed by atoms with Crippen molar-refractivity contribution in [1.82, 2.24) is 20.4 Å². The Morgan fingerprint density at radius 1 is 1.07 bits per heavy atom. The molecule has 2 N–H and O–H groups in total. The van der Waals surface area contributed by atoms with Crippen molar-refractivity contribution >= 4 is 18.3 Å². The smallest absolute Gasteiger partial charge is 0.248 e. The van der Waals surface area contributed by atoms with Crippen LogP contribution in [0.2, 0.25) is 0 Å². The Balaban J connectivity index is 0.00000256. The quantitative estimate of drug-likeness (QED) is 0.608. The molecular weight excluding hydrogens is 400 g/mol. The summed E-state index contributed by atoms with van der Waals surface area (Å²) in [6.07, 6.45) is 5.03. The van der Waals surface area contributed by atoms with Crippen molar-refractivity contribution < 1.29 is 9.53 Å². The van der Waals surface area contributed by atoms with E-state index in [0.717, 1.165) is 30.0 Å². The maximum atomic E-state index is 13.2. The van der Waals surface area contributed by atoms with Crippen LogP contribution in [0.3, 0.4) is 0 Å². The van der Waals surface area contributed by atoms with Crippen molar-refractivity contribution in [2.75, 3.05) is 13.1 Å².